The van der Waals surface area contributed by atoms with E-state index in [-0.39, 0.29) is 15.9 Å². The second-order valence-electron chi connectivity index (χ2n) is 6.18. The fourth-order valence-electron chi connectivity index (χ4n) is 2.55. The number of hydrogen-bond donors (Lipinski definition) is 2. The third kappa shape index (κ3) is 5.24. The molecule has 0 aliphatic carbocycles. The molecule has 2 amide bonds. The first-order valence-corrected chi connectivity index (χ1v) is 11.2. The molecule has 0 fully saturated rings. The van der Waals surface area contributed by atoms with Crippen LogP contribution in [0.4, 0.5) is 10.7 Å². The topological polar surface area (TPSA) is 101 Å². The summed E-state index contributed by atoms with van der Waals surface area (Å²) in [6, 6.07) is 12.5. The largest absolute Gasteiger partial charge is 0.335 e. The number of hydrogen-bond acceptors (Lipinski definition) is 5. The number of carbonyl (C=O) groups excluding carboxylic acids is 1. The van der Waals surface area contributed by atoms with Gasteiger partial charge in [-0.3, -0.25) is 5.32 Å². The highest BCUT2D eigenvalue weighted by Gasteiger charge is 2.22. The van der Waals surface area contributed by atoms with E-state index in [9.17, 15) is 13.2 Å². The van der Waals surface area contributed by atoms with Gasteiger partial charge in [0, 0.05) is 15.7 Å². The molecule has 1 heterocycles. The normalized spacial score (nSPS) is 11.0. The van der Waals surface area contributed by atoms with Crippen molar-refractivity contribution in [2.75, 3.05) is 5.32 Å². The number of aryl methyl sites for hydroxylation is 1. The highest BCUT2D eigenvalue weighted by atomic mass is 79.9. The lowest BCUT2D eigenvalue weighted by Crippen LogP contribution is -2.35. The molecule has 0 saturated heterocycles. The van der Waals surface area contributed by atoms with Gasteiger partial charge in [0.25, 0.3) is 10.0 Å². The van der Waals surface area contributed by atoms with Crippen LogP contribution in [0.1, 0.15) is 11.3 Å². The van der Waals surface area contributed by atoms with Crippen molar-refractivity contribution in [1.82, 2.24) is 14.7 Å². The first-order valence-electron chi connectivity index (χ1n) is 8.55. The molecule has 0 saturated carbocycles. The van der Waals surface area contributed by atoms with Crippen molar-refractivity contribution in [3.63, 3.8) is 0 Å². The van der Waals surface area contributed by atoms with Gasteiger partial charge in [0.15, 0.2) is 0 Å². The Morgan fingerprint density at radius 2 is 1.83 bits per heavy atom. The molecule has 3 aromatic rings. The molecule has 1 aromatic heterocycles. The summed E-state index contributed by atoms with van der Waals surface area (Å²) in [4.78, 5) is 20.5. The van der Waals surface area contributed by atoms with Gasteiger partial charge < -0.3 is 0 Å². The number of nitrogens with one attached hydrogen (secondary N) is 2. The summed E-state index contributed by atoms with van der Waals surface area (Å²) in [7, 11) is -4.22. The molecule has 0 spiro atoms. The van der Waals surface area contributed by atoms with Gasteiger partial charge in [-0.1, -0.05) is 58.4 Å². The minimum atomic E-state index is -4.22. The molecular weight excluding hydrogens is 492 g/mol. The molecule has 10 heteroatoms. The monoisotopic (exact) mass is 506 g/mol. The van der Waals surface area contributed by atoms with E-state index in [0.717, 1.165) is 10.0 Å². The maximum atomic E-state index is 12.6. The fourth-order valence-corrected chi connectivity index (χ4v) is 4.26. The molecule has 2 aromatic carbocycles. The number of amides is 2. The van der Waals surface area contributed by atoms with E-state index in [1.54, 1.807) is 19.1 Å². The van der Waals surface area contributed by atoms with Crippen molar-refractivity contribution in [1.29, 1.82) is 0 Å². The van der Waals surface area contributed by atoms with Crippen LogP contribution in [0.15, 0.2) is 64.5 Å². The Labute approximate surface area is 187 Å². The SMILES string of the molecule is C=Cc1ccc(Cl)c(S(=O)(=O)NC(=O)Nc2nc(C)cc(-c3ccc(Br)cc3)n2)c1. The molecule has 7 nitrogen and oxygen atoms in total. The summed E-state index contributed by atoms with van der Waals surface area (Å²) >= 11 is 9.36. The zero-order chi connectivity index (χ0) is 21.9. The third-order valence-electron chi connectivity index (χ3n) is 3.93. The fraction of sp³-hybridized carbons (Fsp3) is 0.0500. The predicted molar refractivity (Wildman–Crippen MR) is 121 cm³/mol. The summed E-state index contributed by atoms with van der Waals surface area (Å²) in [5.41, 5.74) is 2.53. The predicted octanol–water partition coefficient (Wildman–Crippen LogP) is 5.02. The zero-order valence-electron chi connectivity index (χ0n) is 15.7. The molecule has 3 rings (SSSR count). The van der Waals surface area contributed by atoms with Gasteiger partial charge in [-0.2, -0.15) is 0 Å². The number of halogens is 2. The summed E-state index contributed by atoms with van der Waals surface area (Å²) in [5, 5.41) is 2.33. The highest BCUT2D eigenvalue weighted by Crippen LogP contribution is 2.24. The maximum Gasteiger partial charge on any atom is 0.335 e. The first-order chi connectivity index (χ1) is 14.2. The Morgan fingerprint density at radius 1 is 1.13 bits per heavy atom. The molecule has 0 bridgehead atoms. The van der Waals surface area contributed by atoms with Crippen LogP contribution < -0.4 is 10.0 Å². The number of nitrogens with zero attached hydrogens (tertiary/aromatic N) is 2. The Bertz CT molecular complexity index is 1230. The molecule has 0 radical (unpaired) electrons. The van der Waals surface area contributed by atoms with Crippen LogP contribution in [0.5, 0.6) is 0 Å². The van der Waals surface area contributed by atoms with E-state index in [2.05, 4.69) is 37.8 Å². The molecule has 0 aliphatic rings. The Kier molecular flexibility index (Phi) is 6.55. The standard InChI is InChI=1S/C20H16BrClN4O3S/c1-3-13-4-9-16(22)18(11-13)30(28,29)26-20(27)25-19-23-12(2)10-17(24-19)14-5-7-15(21)8-6-14/h3-11H,1H2,2H3,(H2,23,24,25,26,27). The third-order valence-corrected chi connectivity index (χ3v) is 6.27. The van der Waals surface area contributed by atoms with Gasteiger partial charge in [0.1, 0.15) is 4.90 Å². The summed E-state index contributed by atoms with van der Waals surface area (Å²) < 4.78 is 28.0. The number of sulfonamides is 1. The van der Waals surface area contributed by atoms with Crippen LogP contribution >= 0.6 is 27.5 Å². The van der Waals surface area contributed by atoms with E-state index < -0.39 is 16.1 Å². The summed E-state index contributed by atoms with van der Waals surface area (Å²) in [6.07, 6.45) is 1.47. The van der Waals surface area contributed by atoms with Crippen molar-refractivity contribution < 1.29 is 13.2 Å². The Hall–Kier alpha value is -2.75. The lowest BCUT2D eigenvalue weighted by molar-refractivity contribution is 0.256. The second-order valence-corrected chi connectivity index (χ2v) is 9.15. The van der Waals surface area contributed by atoms with Crippen LogP contribution in [0.25, 0.3) is 17.3 Å². The maximum absolute atomic E-state index is 12.6. The van der Waals surface area contributed by atoms with Crippen molar-refractivity contribution in [2.24, 2.45) is 0 Å². The second kappa shape index (κ2) is 8.95. The van der Waals surface area contributed by atoms with Gasteiger partial charge in [0.2, 0.25) is 5.95 Å². The van der Waals surface area contributed by atoms with Crippen molar-refractivity contribution in [2.45, 2.75) is 11.8 Å². The molecule has 2 N–H and O–H groups in total. The molecule has 154 valence electrons. The van der Waals surface area contributed by atoms with Gasteiger partial charge in [-0.15, -0.1) is 0 Å². The highest BCUT2D eigenvalue weighted by molar-refractivity contribution is 9.10. The quantitative estimate of drug-likeness (QED) is 0.505. The van der Waals surface area contributed by atoms with Crippen molar-refractivity contribution in [3.05, 3.63) is 75.9 Å². The van der Waals surface area contributed by atoms with Crippen LogP contribution in [0.2, 0.25) is 5.02 Å². The molecular formula is C20H16BrClN4O3S. The van der Waals surface area contributed by atoms with E-state index in [0.29, 0.717) is 17.0 Å². The minimum Gasteiger partial charge on any atom is -0.275 e. The lowest BCUT2D eigenvalue weighted by atomic mass is 10.1. The van der Waals surface area contributed by atoms with Crippen LogP contribution in [-0.4, -0.2) is 24.4 Å². The van der Waals surface area contributed by atoms with E-state index in [1.807, 2.05) is 29.0 Å². The summed E-state index contributed by atoms with van der Waals surface area (Å²) in [6.45, 7) is 5.33. The number of benzene rings is 2. The van der Waals surface area contributed by atoms with Crippen LogP contribution in [0, 0.1) is 6.92 Å². The van der Waals surface area contributed by atoms with E-state index >= 15 is 0 Å². The number of carbonyl (C=O) groups is 1. The van der Waals surface area contributed by atoms with Gasteiger partial charge in [-0.25, -0.2) is 27.9 Å². The number of anilines is 1. The van der Waals surface area contributed by atoms with Gasteiger partial charge in [0.05, 0.1) is 10.7 Å². The van der Waals surface area contributed by atoms with E-state index in [4.69, 9.17) is 11.6 Å². The van der Waals surface area contributed by atoms with Crippen LogP contribution in [-0.2, 0) is 10.0 Å². The molecule has 0 aliphatic heterocycles. The number of urea groups is 1. The minimum absolute atomic E-state index is 0.0229. The lowest BCUT2D eigenvalue weighted by Gasteiger charge is -2.11. The summed E-state index contributed by atoms with van der Waals surface area (Å²) in [5.74, 6) is -0.0356. The smallest absolute Gasteiger partial charge is 0.275 e. The van der Waals surface area contributed by atoms with E-state index in [1.165, 1.54) is 18.2 Å². The van der Waals surface area contributed by atoms with Crippen molar-refractivity contribution >= 4 is 55.6 Å². The van der Waals surface area contributed by atoms with Gasteiger partial charge >= 0.3 is 6.03 Å². The number of aromatic nitrogens is 2. The zero-order valence-corrected chi connectivity index (χ0v) is 18.8. The van der Waals surface area contributed by atoms with Crippen LogP contribution in [0.3, 0.4) is 0 Å². The first kappa shape index (κ1) is 21.9. The average molecular weight is 508 g/mol. The average Bonchev–Trinajstić information content (AvgIpc) is 2.67. The van der Waals surface area contributed by atoms with Gasteiger partial charge in [-0.05, 0) is 42.8 Å². The number of rotatable bonds is 5. The molecule has 0 unspecified atom stereocenters. The Balaban J connectivity index is 1.82. The Morgan fingerprint density at radius 3 is 2.50 bits per heavy atom. The molecule has 30 heavy (non-hydrogen) atoms. The molecule has 0 atom stereocenters. The van der Waals surface area contributed by atoms with Crippen molar-refractivity contribution in [3.8, 4) is 11.3 Å².